The van der Waals surface area contributed by atoms with Crippen molar-refractivity contribution in [2.45, 2.75) is 64.1 Å². The molecule has 0 saturated carbocycles. The van der Waals surface area contributed by atoms with Crippen molar-refractivity contribution in [3.63, 3.8) is 0 Å². The highest BCUT2D eigenvalue weighted by Crippen LogP contribution is 2.29. The van der Waals surface area contributed by atoms with Crippen LogP contribution in [0.4, 0.5) is 0 Å². The number of rotatable bonds is 6. The SMILES string of the molecule is CCc1nnc(CN2CCCCCC2CC(O)c2cccs2)o1. The average molecular weight is 335 g/mol. The van der Waals surface area contributed by atoms with Crippen molar-refractivity contribution < 1.29 is 9.52 Å². The van der Waals surface area contributed by atoms with Gasteiger partial charge in [0.2, 0.25) is 11.8 Å². The normalized spacial score (nSPS) is 21.2. The van der Waals surface area contributed by atoms with E-state index in [0.29, 0.717) is 24.4 Å². The van der Waals surface area contributed by atoms with Crippen molar-refractivity contribution in [1.82, 2.24) is 15.1 Å². The van der Waals surface area contributed by atoms with E-state index < -0.39 is 0 Å². The summed E-state index contributed by atoms with van der Waals surface area (Å²) in [5, 5.41) is 20.7. The summed E-state index contributed by atoms with van der Waals surface area (Å²) in [5.74, 6) is 1.39. The quantitative estimate of drug-likeness (QED) is 0.874. The van der Waals surface area contributed by atoms with Crippen LogP contribution in [0.2, 0.25) is 0 Å². The molecule has 0 amide bonds. The third-order valence-corrected chi connectivity index (χ3v) is 5.49. The van der Waals surface area contributed by atoms with Gasteiger partial charge in [0, 0.05) is 17.3 Å². The Morgan fingerprint density at radius 2 is 2.22 bits per heavy atom. The summed E-state index contributed by atoms with van der Waals surface area (Å²) in [7, 11) is 0. The lowest BCUT2D eigenvalue weighted by molar-refractivity contribution is 0.0939. The number of likely N-dealkylation sites (tertiary alicyclic amines) is 1. The van der Waals surface area contributed by atoms with Crippen molar-refractivity contribution in [1.29, 1.82) is 0 Å². The largest absolute Gasteiger partial charge is 0.424 e. The zero-order chi connectivity index (χ0) is 16.1. The minimum Gasteiger partial charge on any atom is -0.424 e. The highest BCUT2D eigenvalue weighted by atomic mass is 32.1. The molecule has 1 aliphatic rings. The van der Waals surface area contributed by atoms with Crippen LogP contribution in [0.1, 0.15) is 61.8 Å². The summed E-state index contributed by atoms with van der Waals surface area (Å²) >= 11 is 1.63. The summed E-state index contributed by atoms with van der Waals surface area (Å²) in [6.07, 6.45) is 5.96. The van der Waals surface area contributed by atoms with Crippen molar-refractivity contribution in [3.8, 4) is 0 Å². The Labute approximate surface area is 141 Å². The monoisotopic (exact) mass is 335 g/mol. The Hall–Kier alpha value is -1.24. The van der Waals surface area contributed by atoms with E-state index in [1.807, 2.05) is 24.4 Å². The van der Waals surface area contributed by atoms with E-state index in [1.165, 1.54) is 19.3 Å². The van der Waals surface area contributed by atoms with Crippen LogP contribution >= 0.6 is 11.3 Å². The lowest BCUT2D eigenvalue weighted by Crippen LogP contribution is -2.35. The van der Waals surface area contributed by atoms with Gasteiger partial charge in [0.1, 0.15) is 0 Å². The number of aliphatic hydroxyl groups excluding tert-OH is 1. The Morgan fingerprint density at radius 3 is 2.96 bits per heavy atom. The number of nitrogens with zero attached hydrogens (tertiary/aromatic N) is 3. The molecule has 6 heteroatoms. The first-order valence-electron chi connectivity index (χ1n) is 8.53. The second-order valence-corrected chi connectivity index (χ2v) is 7.16. The van der Waals surface area contributed by atoms with Gasteiger partial charge in [0.15, 0.2) is 0 Å². The first-order valence-corrected chi connectivity index (χ1v) is 9.41. The van der Waals surface area contributed by atoms with Crippen molar-refractivity contribution >= 4 is 11.3 Å². The molecular formula is C17H25N3O2S. The lowest BCUT2D eigenvalue weighted by Gasteiger charge is -2.30. The Bertz CT molecular complexity index is 584. The van der Waals surface area contributed by atoms with Crippen molar-refractivity contribution in [2.75, 3.05) is 6.54 Å². The minimum absolute atomic E-state index is 0.367. The molecular weight excluding hydrogens is 310 g/mol. The molecule has 2 aromatic rings. The molecule has 2 aromatic heterocycles. The molecule has 3 heterocycles. The summed E-state index contributed by atoms with van der Waals surface area (Å²) in [6, 6.07) is 4.38. The molecule has 126 valence electrons. The third-order valence-electron chi connectivity index (χ3n) is 4.52. The number of hydrogen-bond donors (Lipinski definition) is 1. The molecule has 1 aliphatic heterocycles. The van der Waals surface area contributed by atoms with Crippen LogP contribution in [0.5, 0.6) is 0 Å². The van der Waals surface area contributed by atoms with Gasteiger partial charge in [-0.1, -0.05) is 25.8 Å². The molecule has 2 unspecified atom stereocenters. The fourth-order valence-corrected chi connectivity index (χ4v) is 3.96. The van der Waals surface area contributed by atoms with Gasteiger partial charge in [-0.25, -0.2) is 0 Å². The maximum atomic E-state index is 10.5. The van der Waals surface area contributed by atoms with Gasteiger partial charge < -0.3 is 9.52 Å². The predicted molar refractivity (Wildman–Crippen MR) is 90.2 cm³/mol. The van der Waals surface area contributed by atoms with Crippen LogP contribution in [0, 0.1) is 0 Å². The van der Waals surface area contributed by atoms with Gasteiger partial charge in [-0.3, -0.25) is 4.90 Å². The van der Waals surface area contributed by atoms with Crippen LogP contribution in [-0.2, 0) is 13.0 Å². The number of hydrogen-bond acceptors (Lipinski definition) is 6. The van der Waals surface area contributed by atoms with Crippen molar-refractivity contribution in [3.05, 3.63) is 34.2 Å². The van der Waals surface area contributed by atoms with E-state index in [2.05, 4.69) is 15.1 Å². The molecule has 0 radical (unpaired) electrons. The fraction of sp³-hybridized carbons (Fsp3) is 0.647. The molecule has 1 saturated heterocycles. The molecule has 23 heavy (non-hydrogen) atoms. The summed E-state index contributed by atoms with van der Waals surface area (Å²) in [4.78, 5) is 3.47. The Kier molecular flexibility index (Phi) is 5.80. The van der Waals surface area contributed by atoms with Crippen LogP contribution in [0.15, 0.2) is 21.9 Å². The van der Waals surface area contributed by atoms with E-state index in [-0.39, 0.29) is 6.10 Å². The van der Waals surface area contributed by atoms with E-state index in [0.717, 1.165) is 30.7 Å². The van der Waals surface area contributed by atoms with Crippen LogP contribution in [0.25, 0.3) is 0 Å². The highest BCUT2D eigenvalue weighted by molar-refractivity contribution is 7.10. The van der Waals surface area contributed by atoms with Gasteiger partial charge in [0.05, 0.1) is 12.6 Å². The van der Waals surface area contributed by atoms with E-state index in [1.54, 1.807) is 11.3 Å². The first kappa shape index (κ1) is 16.6. The zero-order valence-electron chi connectivity index (χ0n) is 13.6. The van der Waals surface area contributed by atoms with Gasteiger partial charge in [-0.2, -0.15) is 0 Å². The number of aliphatic hydroxyl groups is 1. The van der Waals surface area contributed by atoms with Gasteiger partial charge in [-0.15, -0.1) is 21.5 Å². The zero-order valence-corrected chi connectivity index (χ0v) is 14.5. The van der Waals surface area contributed by atoms with Crippen LogP contribution in [-0.4, -0.2) is 32.8 Å². The molecule has 2 atom stereocenters. The van der Waals surface area contributed by atoms with Gasteiger partial charge >= 0.3 is 0 Å². The van der Waals surface area contributed by atoms with E-state index in [9.17, 15) is 5.11 Å². The third kappa shape index (κ3) is 4.40. The molecule has 0 aromatic carbocycles. The maximum Gasteiger partial charge on any atom is 0.230 e. The number of thiophene rings is 1. The molecule has 5 nitrogen and oxygen atoms in total. The fourth-order valence-electron chi connectivity index (χ4n) is 3.24. The Morgan fingerprint density at radius 1 is 1.35 bits per heavy atom. The summed E-state index contributed by atoms with van der Waals surface area (Å²) < 4.78 is 5.68. The molecule has 3 rings (SSSR count). The summed E-state index contributed by atoms with van der Waals surface area (Å²) in [5.41, 5.74) is 0. The number of aromatic nitrogens is 2. The highest BCUT2D eigenvalue weighted by Gasteiger charge is 2.26. The Balaban J connectivity index is 1.66. The maximum absolute atomic E-state index is 10.5. The minimum atomic E-state index is -0.380. The molecule has 1 fully saturated rings. The topological polar surface area (TPSA) is 62.4 Å². The second kappa shape index (κ2) is 8.04. The molecule has 1 N–H and O–H groups in total. The van der Waals surface area contributed by atoms with Crippen LogP contribution < -0.4 is 0 Å². The van der Waals surface area contributed by atoms with Gasteiger partial charge in [0.25, 0.3) is 0 Å². The van der Waals surface area contributed by atoms with Crippen molar-refractivity contribution in [2.24, 2.45) is 0 Å². The van der Waals surface area contributed by atoms with E-state index in [4.69, 9.17) is 4.42 Å². The molecule has 0 bridgehead atoms. The van der Waals surface area contributed by atoms with Crippen LogP contribution in [0.3, 0.4) is 0 Å². The van der Waals surface area contributed by atoms with Gasteiger partial charge in [-0.05, 0) is 37.3 Å². The average Bonchev–Trinajstić information content (AvgIpc) is 3.19. The molecule has 0 aliphatic carbocycles. The standard InChI is InChI=1S/C17H25N3O2S/c1-2-16-18-19-17(22-16)12-20-9-5-3-4-7-13(20)11-14(21)15-8-6-10-23-15/h6,8,10,13-14,21H,2-5,7,9,11-12H2,1H3. The number of aryl methyl sites for hydroxylation is 1. The smallest absolute Gasteiger partial charge is 0.230 e. The summed E-state index contributed by atoms with van der Waals surface area (Å²) in [6.45, 7) is 3.74. The molecule has 0 spiro atoms. The lowest BCUT2D eigenvalue weighted by atomic mass is 10.0. The van der Waals surface area contributed by atoms with E-state index >= 15 is 0 Å². The predicted octanol–water partition coefficient (Wildman–Crippen LogP) is 3.56. The first-order chi connectivity index (χ1) is 11.3. The second-order valence-electron chi connectivity index (χ2n) is 6.18.